The number of ether oxygens (including phenoxy) is 1. The molecule has 2 aromatic carbocycles. The molecule has 3 aromatic rings. The van der Waals surface area contributed by atoms with Crippen molar-refractivity contribution >= 4 is 11.9 Å². The lowest BCUT2D eigenvalue weighted by molar-refractivity contribution is -0.145. The maximum absolute atomic E-state index is 12.4. The lowest BCUT2D eigenvalue weighted by Crippen LogP contribution is -2.26. The number of aromatic carboxylic acids is 1. The van der Waals surface area contributed by atoms with E-state index in [0.29, 0.717) is 0 Å². The third-order valence-corrected chi connectivity index (χ3v) is 4.96. The summed E-state index contributed by atoms with van der Waals surface area (Å²) >= 11 is 0. The molecule has 140 valence electrons. The first-order chi connectivity index (χ1) is 13.6. The van der Waals surface area contributed by atoms with Gasteiger partial charge in [-0.3, -0.25) is 4.98 Å². The second-order valence-electron chi connectivity index (χ2n) is 6.61. The number of rotatable bonds is 5. The van der Waals surface area contributed by atoms with Gasteiger partial charge < -0.3 is 15.6 Å². The molecule has 1 aliphatic rings. The van der Waals surface area contributed by atoms with Crippen LogP contribution in [0.25, 0.3) is 11.1 Å². The van der Waals surface area contributed by atoms with Gasteiger partial charge in [0.15, 0.2) is 0 Å². The van der Waals surface area contributed by atoms with E-state index < -0.39 is 18.0 Å². The van der Waals surface area contributed by atoms with Crippen LogP contribution in [0.15, 0.2) is 66.9 Å². The average Bonchev–Trinajstić information content (AvgIpc) is 3.05. The van der Waals surface area contributed by atoms with Crippen molar-refractivity contribution in [3.8, 4) is 11.1 Å². The number of carboxylic acid groups (broad SMARTS) is 1. The van der Waals surface area contributed by atoms with E-state index >= 15 is 0 Å². The molecule has 3 N–H and O–H groups in total. The van der Waals surface area contributed by atoms with E-state index in [1.54, 1.807) is 0 Å². The Morgan fingerprint density at radius 1 is 1.00 bits per heavy atom. The summed E-state index contributed by atoms with van der Waals surface area (Å²) in [5, 5.41) is 8.93. The van der Waals surface area contributed by atoms with Gasteiger partial charge in [0, 0.05) is 12.1 Å². The molecule has 0 fully saturated rings. The number of aromatic nitrogens is 1. The molecule has 1 atom stereocenters. The summed E-state index contributed by atoms with van der Waals surface area (Å²) in [4.78, 5) is 27.3. The van der Waals surface area contributed by atoms with Crippen LogP contribution in [-0.2, 0) is 9.53 Å². The molecule has 0 spiro atoms. The van der Waals surface area contributed by atoms with Gasteiger partial charge in [0.25, 0.3) is 0 Å². The summed E-state index contributed by atoms with van der Waals surface area (Å²) < 4.78 is 5.51. The fraction of sp³-hybridized carbons (Fsp3) is 0.136. The fourth-order valence-corrected chi connectivity index (χ4v) is 3.53. The smallest absolute Gasteiger partial charge is 0.337 e. The van der Waals surface area contributed by atoms with Crippen molar-refractivity contribution < 1.29 is 19.4 Å². The highest BCUT2D eigenvalue weighted by Gasteiger charge is 2.30. The molecule has 0 bridgehead atoms. The number of hydrogen-bond donors (Lipinski definition) is 2. The molecule has 0 amide bonds. The first-order valence-electron chi connectivity index (χ1n) is 8.86. The number of esters is 1. The van der Waals surface area contributed by atoms with Crippen molar-refractivity contribution in [3.05, 3.63) is 89.2 Å². The van der Waals surface area contributed by atoms with Gasteiger partial charge in [0.2, 0.25) is 0 Å². The zero-order valence-electron chi connectivity index (χ0n) is 14.9. The Balaban J connectivity index is 1.50. The molecule has 0 aliphatic heterocycles. The zero-order valence-corrected chi connectivity index (χ0v) is 14.9. The largest absolute Gasteiger partial charge is 0.478 e. The van der Waals surface area contributed by atoms with E-state index in [-0.39, 0.29) is 23.8 Å². The van der Waals surface area contributed by atoms with Crippen LogP contribution < -0.4 is 5.73 Å². The normalized spacial score (nSPS) is 13.5. The highest BCUT2D eigenvalue weighted by atomic mass is 16.5. The third kappa shape index (κ3) is 3.14. The summed E-state index contributed by atoms with van der Waals surface area (Å²) in [7, 11) is 0. The highest BCUT2D eigenvalue weighted by Crippen LogP contribution is 2.44. The van der Waals surface area contributed by atoms with Crippen LogP contribution in [0, 0.1) is 0 Å². The molecule has 6 heteroatoms. The van der Waals surface area contributed by atoms with Gasteiger partial charge in [-0.15, -0.1) is 0 Å². The first-order valence-corrected chi connectivity index (χ1v) is 8.86. The van der Waals surface area contributed by atoms with Crippen molar-refractivity contribution in [3.63, 3.8) is 0 Å². The van der Waals surface area contributed by atoms with Crippen LogP contribution in [0.2, 0.25) is 0 Å². The summed E-state index contributed by atoms with van der Waals surface area (Å²) in [6.07, 6.45) is 1.17. The van der Waals surface area contributed by atoms with Crippen molar-refractivity contribution in [1.29, 1.82) is 0 Å². The maximum Gasteiger partial charge on any atom is 0.337 e. The molecule has 6 nitrogen and oxygen atoms in total. The molecule has 0 saturated carbocycles. The second kappa shape index (κ2) is 7.25. The van der Waals surface area contributed by atoms with Crippen LogP contribution in [-0.4, -0.2) is 28.6 Å². The molecule has 4 rings (SSSR count). The van der Waals surface area contributed by atoms with Gasteiger partial charge >= 0.3 is 11.9 Å². The van der Waals surface area contributed by atoms with Gasteiger partial charge in [-0.1, -0.05) is 48.5 Å². The van der Waals surface area contributed by atoms with Crippen LogP contribution in [0.4, 0.5) is 0 Å². The van der Waals surface area contributed by atoms with Crippen LogP contribution >= 0.6 is 0 Å². The van der Waals surface area contributed by atoms with Crippen molar-refractivity contribution in [2.75, 3.05) is 6.61 Å². The average molecular weight is 374 g/mol. The summed E-state index contributed by atoms with van der Waals surface area (Å²) in [6, 6.07) is 17.9. The number of hydrogen-bond acceptors (Lipinski definition) is 5. The Bertz CT molecular complexity index is 1000. The second-order valence-corrected chi connectivity index (χ2v) is 6.61. The zero-order chi connectivity index (χ0) is 19.7. The number of carbonyl (C=O) groups is 2. The SMILES string of the molecule is NC(C(=O)OCC1c2ccccc2-c2ccccc21)c1ccc(C(=O)O)cn1. The quantitative estimate of drug-likeness (QED) is 0.665. The molecule has 1 aromatic heterocycles. The lowest BCUT2D eigenvalue weighted by atomic mass is 9.98. The number of benzene rings is 2. The Labute approximate surface area is 161 Å². The lowest BCUT2D eigenvalue weighted by Gasteiger charge is -2.16. The van der Waals surface area contributed by atoms with Gasteiger partial charge in [0.1, 0.15) is 12.6 Å². The summed E-state index contributed by atoms with van der Waals surface area (Å²) in [5.41, 5.74) is 10.8. The predicted octanol–water partition coefficient (Wildman–Crippen LogP) is 3.14. The van der Waals surface area contributed by atoms with Crippen LogP contribution in [0.5, 0.6) is 0 Å². The maximum atomic E-state index is 12.4. The van der Waals surface area contributed by atoms with Gasteiger partial charge in [0.05, 0.1) is 11.3 Å². The third-order valence-electron chi connectivity index (χ3n) is 4.96. The topological polar surface area (TPSA) is 103 Å². The first kappa shape index (κ1) is 17.9. The number of nitrogens with zero attached hydrogens (tertiary/aromatic N) is 1. The number of carbonyl (C=O) groups excluding carboxylic acids is 1. The minimum atomic E-state index is -1.09. The van der Waals surface area contributed by atoms with Crippen molar-refractivity contribution in [2.24, 2.45) is 5.73 Å². The number of pyridine rings is 1. The molecular weight excluding hydrogens is 356 g/mol. The minimum Gasteiger partial charge on any atom is -0.478 e. The molecule has 1 heterocycles. The van der Waals surface area contributed by atoms with E-state index in [2.05, 4.69) is 17.1 Å². The molecule has 28 heavy (non-hydrogen) atoms. The van der Waals surface area contributed by atoms with E-state index in [1.807, 2.05) is 36.4 Å². The Morgan fingerprint density at radius 2 is 1.61 bits per heavy atom. The fourth-order valence-electron chi connectivity index (χ4n) is 3.53. The predicted molar refractivity (Wildman–Crippen MR) is 103 cm³/mol. The minimum absolute atomic E-state index is 0.0310. The Hall–Kier alpha value is -3.51. The summed E-state index contributed by atoms with van der Waals surface area (Å²) in [5.74, 6) is -1.74. The number of fused-ring (bicyclic) bond motifs is 3. The molecule has 0 radical (unpaired) electrons. The van der Waals surface area contributed by atoms with E-state index in [9.17, 15) is 9.59 Å². The van der Waals surface area contributed by atoms with E-state index in [0.717, 1.165) is 22.3 Å². The van der Waals surface area contributed by atoms with E-state index in [4.69, 9.17) is 15.6 Å². The summed E-state index contributed by atoms with van der Waals surface area (Å²) in [6.45, 7) is 0.174. The number of nitrogens with two attached hydrogens (primary N) is 1. The van der Waals surface area contributed by atoms with Crippen LogP contribution in [0.1, 0.15) is 39.1 Å². The van der Waals surface area contributed by atoms with Gasteiger partial charge in [-0.2, -0.15) is 0 Å². The van der Waals surface area contributed by atoms with Crippen molar-refractivity contribution in [2.45, 2.75) is 12.0 Å². The number of carboxylic acids is 1. The van der Waals surface area contributed by atoms with Gasteiger partial charge in [-0.05, 0) is 34.4 Å². The Kier molecular flexibility index (Phi) is 4.63. The van der Waals surface area contributed by atoms with Crippen LogP contribution in [0.3, 0.4) is 0 Å². The molecule has 0 saturated heterocycles. The molecule has 1 unspecified atom stereocenters. The Morgan fingerprint density at radius 3 is 2.14 bits per heavy atom. The standard InChI is InChI=1S/C22H18N2O4/c23-20(19-10-9-13(11-24-19)21(25)26)22(27)28-12-18-16-7-3-1-5-14(16)15-6-2-4-8-17(15)18/h1-11,18,20H,12,23H2,(H,25,26). The monoisotopic (exact) mass is 374 g/mol. The van der Waals surface area contributed by atoms with E-state index in [1.165, 1.54) is 18.3 Å². The highest BCUT2D eigenvalue weighted by molar-refractivity contribution is 5.87. The van der Waals surface area contributed by atoms with Gasteiger partial charge in [-0.25, -0.2) is 9.59 Å². The molecule has 1 aliphatic carbocycles. The van der Waals surface area contributed by atoms with Crippen molar-refractivity contribution in [1.82, 2.24) is 4.98 Å². The molecular formula is C22H18N2O4.